The largest absolute Gasteiger partial charge is 0.366 e. The Labute approximate surface area is 152 Å². The molecule has 6 heteroatoms. The first-order valence-electron chi connectivity index (χ1n) is 7.95. The topological polar surface area (TPSA) is 89.3 Å². The summed E-state index contributed by atoms with van der Waals surface area (Å²) < 4.78 is 28.2. The van der Waals surface area contributed by atoms with Crippen molar-refractivity contribution in [2.45, 2.75) is 11.8 Å². The predicted molar refractivity (Wildman–Crippen MR) is 104 cm³/mol. The minimum Gasteiger partial charge on any atom is -0.366 e. The molecule has 3 aromatic carbocycles. The summed E-state index contributed by atoms with van der Waals surface area (Å²) in [6.45, 7) is 1.62. The lowest BCUT2D eigenvalue weighted by molar-refractivity contribution is -0.114. The van der Waals surface area contributed by atoms with Gasteiger partial charge in [-0.1, -0.05) is 48.5 Å². The van der Waals surface area contributed by atoms with Crippen molar-refractivity contribution in [2.75, 3.05) is 4.72 Å². The molecule has 0 spiro atoms. The molecule has 0 unspecified atom stereocenters. The van der Waals surface area contributed by atoms with Crippen LogP contribution in [-0.4, -0.2) is 14.3 Å². The Morgan fingerprint density at radius 2 is 1.62 bits per heavy atom. The summed E-state index contributed by atoms with van der Waals surface area (Å²) >= 11 is 0. The van der Waals surface area contributed by atoms with E-state index in [0.29, 0.717) is 16.6 Å². The Morgan fingerprint density at radius 1 is 0.962 bits per heavy atom. The molecular formula is C20H18N2O3S. The number of nitrogens with one attached hydrogen (secondary N) is 1. The standard InChI is InChI=1S/C20H18N2O3S/c1-14(20(21)23)13-15-9-11-17(12-10-15)22-26(24,25)19-8-4-6-16-5-2-3-7-18(16)19/h2-13,22H,1H3,(H2,21,23). The van der Waals surface area contributed by atoms with Crippen LogP contribution in [0.1, 0.15) is 12.5 Å². The molecule has 0 atom stereocenters. The van der Waals surface area contributed by atoms with Gasteiger partial charge in [0, 0.05) is 16.6 Å². The van der Waals surface area contributed by atoms with Crippen LogP contribution in [0.4, 0.5) is 5.69 Å². The van der Waals surface area contributed by atoms with Crippen LogP contribution in [0.3, 0.4) is 0 Å². The lowest BCUT2D eigenvalue weighted by atomic mass is 10.1. The quantitative estimate of drug-likeness (QED) is 0.677. The van der Waals surface area contributed by atoms with Crippen LogP contribution < -0.4 is 10.5 Å². The number of hydrogen-bond acceptors (Lipinski definition) is 3. The second-order valence-corrected chi connectivity index (χ2v) is 7.55. The molecule has 0 aliphatic heterocycles. The lowest BCUT2D eigenvalue weighted by Crippen LogP contribution is -2.13. The van der Waals surface area contributed by atoms with Crippen LogP contribution in [0.25, 0.3) is 16.8 Å². The number of anilines is 1. The fraction of sp³-hybridized carbons (Fsp3) is 0.0500. The molecule has 0 aromatic heterocycles. The fourth-order valence-electron chi connectivity index (χ4n) is 2.61. The van der Waals surface area contributed by atoms with E-state index in [0.717, 1.165) is 10.9 Å². The highest BCUT2D eigenvalue weighted by atomic mass is 32.2. The maximum Gasteiger partial charge on any atom is 0.262 e. The summed E-state index contributed by atoms with van der Waals surface area (Å²) in [5.74, 6) is -0.495. The molecule has 0 aliphatic rings. The smallest absolute Gasteiger partial charge is 0.262 e. The number of fused-ring (bicyclic) bond motifs is 1. The number of nitrogens with two attached hydrogens (primary N) is 1. The summed E-state index contributed by atoms with van der Waals surface area (Å²) in [6.07, 6.45) is 1.64. The zero-order valence-electron chi connectivity index (χ0n) is 14.1. The van der Waals surface area contributed by atoms with Gasteiger partial charge < -0.3 is 5.73 Å². The number of benzene rings is 3. The third-order valence-electron chi connectivity index (χ3n) is 3.97. The highest BCUT2D eigenvalue weighted by molar-refractivity contribution is 7.93. The van der Waals surface area contributed by atoms with E-state index in [1.165, 1.54) is 0 Å². The monoisotopic (exact) mass is 366 g/mol. The van der Waals surface area contributed by atoms with Crippen LogP contribution in [-0.2, 0) is 14.8 Å². The molecule has 0 saturated carbocycles. The van der Waals surface area contributed by atoms with Gasteiger partial charge >= 0.3 is 0 Å². The summed E-state index contributed by atoms with van der Waals surface area (Å²) in [5.41, 5.74) is 6.83. The van der Waals surface area contributed by atoms with E-state index in [9.17, 15) is 13.2 Å². The Bertz CT molecular complexity index is 1100. The summed E-state index contributed by atoms with van der Waals surface area (Å²) in [6, 6.07) is 19.2. The minimum atomic E-state index is -3.73. The van der Waals surface area contributed by atoms with E-state index in [2.05, 4.69) is 4.72 Å². The van der Waals surface area contributed by atoms with Crippen LogP contribution in [0.15, 0.2) is 77.2 Å². The van der Waals surface area contributed by atoms with Gasteiger partial charge in [-0.05, 0) is 42.1 Å². The first-order chi connectivity index (χ1) is 12.4. The molecular weight excluding hydrogens is 348 g/mol. The van der Waals surface area contributed by atoms with Gasteiger partial charge in [0.2, 0.25) is 5.91 Å². The van der Waals surface area contributed by atoms with Gasteiger partial charge in [-0.3, -0.25) is 9.52 Å². The van der Waals surface area contributed by atoms with E-state index in [1.807, 2.05) is 24.3 Å². The zero-order chi connectivity index (χ0) is 18.7. The predicted octanol–water partition coefficient (Wildman–Crippen LogP) is 3.53. The van der Waals surface area contributed by atoms with Crippen LogP contribution in [0, 0.1) is 0 Å². The Balaban J connectivity index is 1.90. The molecule has 5 nitrogen and oxygen atoms in total. The lowest BCUT2D eigenvalue weighted by Gasteiger charge is -2.11. The second-order valence-electron chi connectivity index (χ2n) is 5.90. The van der Waals surface area contributed by atoms with Crippen molar-refractivity contribution in [3.05, 3.63) is 77.9 Å². The average Bonchev–Trinajstić information content (AvgIpc) is 2.62. The molecule has 0 bridgehead atoms. The number of hydrogen-bond donors (Lipinski definition) is 2. The number of carbonyl (C=O) groups is 1. The molecule has 0 radical (unpaired) electrons. The Morgan fingerprint density at radius 3 is 2.31 bits per heavy atom. The summed E-state index contributed by atoms with van der Waals surface area (Å²) in [7, 11) is -3.73. The second kappa shape index (κ2) is 7.01. The zero-order valence-corrected chi connectivity index (χ0v) is 15.0. The Kier molecular flexibility index (Phi) is 4.77. The van der Waals surface area contributed by atoms with Gasteiger partial charge in [0.05, 0.1) is 4.90 Å². The van der Waals surface area contributed by atoms with Crippen molar-refractivity contribution in [1.82, 2.24) is 0 Å². The minimum absolute atomic E-state index is 0.226. The maximum atomic E-state index is 12.8. The highest BCUT2D eigenvalue weighted by Crippen LogP contribution is 2.25. The van der Waals surface area contributed by atoms with Gasteiger partial charge in [-0.2, -0.15) is 0 Å². The number of amides is 1. The molecule has 0 saturated heterocycles. The first-order valence-corrected chi connectivity index (χ1v) is 9.44. The van der Waals surface area contributed by atoms with Gasteiger partial charge in [-0.25, -0.2) is 8.42 Å². The molecule has 1 amide bonds. The number of rotatable bonds is 5. The maximum absolute atomic E-state index is 12.8. The third kappa shape index (κ3) is 3.75. The molecule has 3 rings (SSSR count). The molecule has 0 fully saturated rings. The molecule has 3 N–H and O–H groups in total. The summed E-state index contributed by atoms with van der Waals surface area (Å²) in [4.78, 5) is 11.3. The molecule has 132 valence electrons. The molecule has 3 aromatic rings. The SMILES string of the molecule is CC(=Cc1ccc(NS(=O)(=O)c2cccc3ccccc23)cc1)C(N)=O. The van der Waals surface area contributed by atoms with Crippen molar-refractivity contribution in [3.8, 4) is 0 Å². The van der Waals surface area contributed by atoms with Gasteiger partial charge in [0.15, 0.2) is 0 Å². The highest BCUT2D eigenvalue weighted by Gasteiger charge is 2.17. The van der Waals surface area contributed by atoms with Crippen molar-refractivity contribution in [3.63, 3.8) is 0 Å². The first kappa shape index (κ1) is 17.7. The van der Waals surface area contributed by atoms with Crippen molar-refractivity contribution in [2.24, 2.45) is 5.73 Å². The van der Waals surface area contributed by atoms with E-state index < -0.39 is 15.9 Å². The van der Waals surface area contributed by atoms with Gasteiger partial charge in [-0.15, -0.1) is 0 Å². The van der Waals surface area contributed by atoms with Crippen molar-refractivity contribution in [1.29, 1.82) is 0 Å². The molecule has 26 heavy (non-hydrogen) atoms. The van der Waals surface area contributed by atoms with Crippen LogP contribution in [0.2, 0.25) is 0 Å². The van der Waals surface area contributed by atoms with E-state index in [-0.39, 0.29) is 4.90 Å². The third-order valence-corrected chi connectivity index (χ3v) is 5.41. The van der Waals surface area contributed by atoms with E-state index in [1.54, 1.807) is 55.5 Å². The van der Waals surface area contributed by atoms with E-state index >= 15 is 0 Å². The van der Waals surface area contributed by atoms with Crippen molar-refractivity contribution < 1.29 is 13.2 Å². The fourth-order valence-corrected chi connectivity index (χ4v) is 3.90. The Hall–Kier alpha value is -3.12. The van der Waals surface area contributed by atoms with Gasteiger partial charge in [0.1, 0.15) is 0 Å². The molecule has 0 aliphatic carbocycles. The van der Waals surface area contributed by atoms with Gasteiger partial charge in [0.25, 0.3) is 10.0 Å². The van der Waals surface area contributed by atoms with Crippen LogP contribution in [0.5, 0.6) is 0 Å². The van der Waals surface area contributed by atoms with Crippen LogP contribution >= 0.6 is 0 Å². The van der Waals surface area contributed by atoms with Crippen molar-refractivity contribution >= 4 is 38.5 Å². The average molecular weight is 366 g/mol. The summed E-state index contributed by atoms with van der Waals surface area (Å²) in [5, 5.41) is 1.52. The number of primary amides is 1. The molecule has 0 heterocycles. The van der Waals surface area contributed by atoms with E-state index in [4.69, 9.17) is 5.73 Å². The number of sulfonamides is 1. The normalized spacial score (nSPS) is 12.1. The number of carbonyl (C=O) groups excluding carboxylic acids is 1.